The van der Waals surface area contributed by atoms with E-state index in [9.17, 15) is 0 Å². The molecule has 18 heavy (non-hydrogen) atoms. The molecule has 100 valence electrons. The summed E-state index contributed by atoms with van der Waals surface area (Å²) in [5, 5.41) is 3.69. The van der Waals surface area contributed by atoms with Crippen molar-refractivity contribution in [2.24, 2.45) is 5.92 Å². The van der Waals surface area contributed by atoms with Gasteiger partial charge in [0.1, 0.15) is 0 Å². The molecule has 1 aromatic carbocycles. The van der Waals surface area contributed by atoms with E-state index in [2.05, 4.69) is 43.4 Å². The van der Waals surface area contributed by atoms with Crippen LogP contribution in [0.2, 0.25) is 0 Å². The monoisotopic (exact) mass is 245 g/mol. The maximum absolute atomic E-state index is 3.69. The van der Waals surface area contributed by atoms with Gasteiger partial charge in [-0.2, -0.15) is 0 Å². The van der Waals surface area contributed by atoms with Crippen LogP contribution in [0.15, 0.2) is 24.3 Å². The molecule has 0 saturated heterocycles. The van der Waals surface area contributed by atoms with E-state index in [4.69, 9.17) is 0 Å². The van der Waals surface area contributed by atoms with E-state index in [1.165, 1.54) is 45.2 Å². The molecule has 1 heteroatoms. The van der Waals surface area contributed by atoms with E-state index in [0.717, 1.165) is 11.8 Å². The minimum Gasteiger partial charge on any atom is -0.316 e. The second kappa shape index (κ2) is 6.94. The fraction of sp³-hybridized carbons (Fsp3) is 0.647. The van der Waals surface area contributed by atoms with Crippen molar-refractivity contribution in [2.75, 3.05) is 13.1 Å². The highest BCUT2D eigenvalue weighted by Gasteiger charge is 2.24. The van der Waals surface area contributed by atoms with Crippen molar-refractivity contribution < 1.29 is 0 Å². The zero-order chi connectivity index (χ0) is 12.8. The molecule has 2 atom stereocenters. The maximum Gasteiger partial charge on any atom is 0.00235 e. The molecule has 1 aliphatic carbocycles. The first-order valence-corrected chi connectivity index (χ1v) is 7.63. The summed E-state index contributed by atoms with van der Waals surface area (Å²) in [6.45, 7) is 6.97. The third kappa shape index (κ3) is 3.35. The van der Waals surface area contributed by atoms with Gasteiger partial charge in [-0.15, -0.1) is 0 Å². The molecule has 1 nitrogen and oxygen atoms in total. The van der Waals surface area contributed by atoms with Gasteiger partial charge in [-0.25, -0.2) is 0 Å². The molecule has 0 heterocycles. The summed E-state index contributed by atoms with van der Waals surface area (Å²) in [6, 6.07) is 8.88. The van der Waals surface area contributed by atoms with Gasteiger partial charge in [-0.1, -0.05) is 57.4 Å². The highest BCUT2D eigenvalue weighted by molar-refractivity contribution is 5.40. The van der Waals surface area contributed by atoms with Crippen molar-refractivity contribution in [1.82, 2.24) is 5.32 Å². The van der Waals surface area contributed by atoms with Crippen LogP contribution in [0.4, 0.5) is 0 Å². The SMILES string of the molecule is CCCCC(CC)CNCC1Cc2ccccc21. The van der Waals surface area contributed by atoms with Gasteiger partial charge in [0.2, 0.25) is 0 Å². The Hall–Kier alpha value is -0.820. The highest BCUT2D eigenvalue weighted by Crippen LogP contribution is 2.34. The first-order chi connectivity index (χ1) is 8.85. The lowest BCUT2D eigenvalue weighted by Crippen LogP contribution is -2.32. The maximum atomic E-state index is 3.69. The summed E-state index contributed by atoms with van der Waals surface area (Å²) in [7, 11) is 0. The summed E-state index contributed by atoms with van der Waals surface area (Å²) in [5.74, 6) is 1.64. The Morgan fingerprint density at radius 2 is 2.11 bits per heavy atom. The zero-order valence-corrected chi connectivity index (χ0v) is 11.9. The van der Waals surface area contributed by atoms with Crippen molar-refractivity contribution in [3.05, 3.63) is 35.4 Å². The number of nitrogens with one attached hydrogen (secondary N) is 1. The van der Waals surface area contributed by atoms with E-state index < -0.39 is 0 Å². The van der Waals surface area contributed by atoms with E-state index in [1.807, 2.05) is 0 Å². The topological polar surface area (TPSA) is 12.0 Å². The van der Waals surface area contributed by atoms with Crippen molar-refractivity contribution in [3.63, 3.8) is 0 Å². The number of hydrogen-bond acceptors (Lipinski definition) is 1. The molecule has 1 aromatic rings. The molecular formula is C17H27N. The molecule has 0 spiro atoms. The lowest BCUT2D eigenvalue weighted by Gasteiger charge is -2.30. The fourth-order valence-electron chi connectivity index (χ4n) is 2.95. The number of benzene rings is 1. The van der Waals surface area contributed by atoms with Crippen LogP contribution >= 0.6 is 0 Å². The summed E-state index contributed by atoms with van der Waals surface area (Å²) < 4.78 is 0. The second-order valence-corrected chi connectivity index (χ2v) is 5.67. The van der Waals surface area contributed by atoms with Gasteiger partial charge in [-0.3, -0.25) is 0 Å². The van der Waals surface area contributed by atoms with Crippen LogP contribution in [0.1, 0.15) is 56.6 Å². The van der Waals surface area contributed by atoms with E-state index in [0.29, 0.717) is 0 Å². The Labute approximate surface area is 112 Å². The lowest BCUT2D eigenvalue weighted by molar-refractivity contribution is 0.405. The summed E-state index contributed by atoms with van der Waals surface area (Å²) in [6.07, 6.45) is 6.68. The molecule has 0 bridgehead atoms. The standard InChI is InChI=1S/C17H27N/c1-3-5-8-14(4-2)12-18-13-16-11-15-9-6-7-10-17(15)16/h6-7,9-10,14,16,18H,3-5,8,11-13H2,1-2H3. The molecule has 2 unspecified atom stereocenters. The third-order valence-corrected chi connectivity index (χ3v) is 4.33. The summed E-state index contributed by atoms with van der Waals surface area (Å²) in [4.78, 5) is 0. The Morgan fingerprint density at radius 3 is 2.83 bits per heavy atom. The first kappa shape index (κ1) is 13.6. The largest absolute Gasteiger partial charge is 0.316 e. The van der Waals surface area contributed by atoms with Gasteiger partial charge < -0.3 is 5.32 Å². The van der Waals surface area contributed by atoms with Gasteiger partial charge in [-0.05, 0) is 36.4 Å². The fourth-order valence-corrected chi connectivity index (χ4v) is 2.95. The molecule has 0 aromatic heterocycles. The predicted octanol–water partition coefficient (Wildman–Crippen LogP) is 4.13. The Balaban J connectivity index is 1.67. The summed E-state index contributed by atoms with van der Waals surface area (Å²) >= 11 is 0. The molecule has 0 saturated carbocycles. The van der Waals surface area contributed by atoms with Crippen LogP contribution in [0.3, 0.4) is 0 Å². The lowest BCUT2D eigenvalue weighted by atomic mass is 9.77. The average molecular weight is 245 g/mol. The molecule has 0 amide bonds. The van der Waals surface area contributed by atoms with Gasteiger partial charge in [0, 0.05) is 12.5 Å². The Bertz CT molecular complexity index is 358. The number of unbranched alkanes of at least 4 members (excludes halogenated alkanes) is 1. The number of rotatable bonds is 8. The normalized spacial score (nSPS) is 19.1. The van der Waals surface area contributed by atoms with Crippen LogP contribution in [0, 0.1) is 5.92 Å². The molecule has 1 aliphatic rings. The van der Waals surface area contributed by atoms with Crippen molar-refractivity contribution in [3.8, 4) is 0 Å². The van der Waals surface area contributed by atoms with E-state index in [-0.39, 0.29) is 0 Å². The van der Waals surface area contributed by atoms with Crippen LogP contribution in [-0.4, -0.2) is 13.1 Å². The Morgan fingerprint density at radius 1 is 1.28 bits per heavy atom. The van der Waals surface area contributed by atoms with E-state index >= 15 is 0 Å². The minimum atomic E-state index is 0.768. The summed E-state index contributed by atoms with van der Waals surface area (Å²) in [5.41, 5.74) is 3.13. The van der Waals surface area contributed by atoms with Gasteiger partial charge in [0.25, 0.3) is 0 Å². The van der Waals surface area contributed by atoms with Crippen molar-refractivity contribution in [1.29, 1.82) is 0 Å². The first-order valence-electron chi connectivity index (χ1n) is 7.63. The van der Waals surface area contributed by atoms with Gasteiger partial charge in [0.05, 0.1) is 0 Å². The third-order valence-electron chi connectivity index (χ3n) is 4.33. The highest BCUT2D eigenvalue weighted by atomic mass is 14.9. The van der Waals surface area contributed by atoms with Gasteiger partial charge >= 0.3 is 0 Å². The number of hydrogen-bond donors (Lipinski definition) is 1. The quantitative estimate of drug-likeness (QED) is 0.726. The molecule has 0 aliphatic heterocycles. The van der Waals surface area contributed by atoms with Crippen LogP contribution in [-0.2, 0) is 6.42 Å². The van der Waals surface area contributed by atoms with Crippen LogP contribution in [0.5, 0.6) is 0 Å². The average Bonchev–Trinajstić information content (AvgIpc) is 2.38. The second-order valence-electron chi connectivity index (χ2n) is 5.67. The van der Waals surface area contributed by atoms with Crippen LogP contribution < -0.4 is 5.32 Å². The molecule has 0 radical (unpaired) electrons. The van der Waals surface area contributed by atoms with Crippen LogP contribution in [0.25, 0.3) is 0 Å². The molecular weight excluding hydrogens is 218 g/mol. The number of fused-ring (bicyclic) bond motifs is 1. The smallest absolute Gasteiger partial charge is 0.00235 e. The Kier molecular flexibility index (Phi) is 5.25. The van der Waals surface area contributed by atoms with Crippen molar-refractivity contribution >= 4 is 0 Å². The molecule has 1 N–H and O–H groups in total. The zero-order valence-electron chi connectivity index (χ0n) is 11.9. The molecule has 2 rings (SSSR count). The van der Waals surface area contributed by atoms with Crippen molar-refractivity contribution in [2.45, 2.75) is 51.9 Å². The molecule has 0 fully saturated rings. The van der Waals surface area contributed by atoms with E-state index in [1.54, 1.807) is 11.1 Å². The predicted molar refractivity (Wildman–Crippen MR) is 79.1 cm³/mol. The van der Waals surface area contributed by atoms with Gasteiger partial charge in [0.15, 0.2) is 0 Å². The minimum absolute atomic E-state index is 0.768.